The Labute approximate surface area is 137 Å². The average Bonchev–Trinajstić information content (AvgIpc) is 3.04. The van der Waals surface area contributed by atoms with Crippen molar-refractivity contribution in [3.63, 3.8) is 0 Å². The summed E-state index contributed by atoms with van der Waals surface area (Å²) in [6.07, 6.45) is 1.89. The summed E-state index contributed by atoms with van der Waals surface area (Å²) in [5, 5.41) is 8.67. The lowest BCUT2D eigenvalue weighted by Crippen LogP contribution is -2.47. The summed E-state index contributed by atoms with van der Waals surface area (Å²) >= 11 is 0. The van der Waals surface area contributed by atoms with Crippen molar-refractivity contribution in [1.29, 1.82) is 0 Å². The lowest BCUT2D eigenvalue weighted by atomic mass is 10.2. The van der Waals surface area contributed by atoms with Crippen LogP contribution in [0.4, 0.5) is 10.5 Å². The summed E-state index contributed by atoms with van der Waals surface area (Å²) in [6, 6.07) is 7.43. The Morgan fingerprint density at radius 1 is 1.39 bits per heavy atom. The lowest BCUT2D eigenvalue weighted by Gasteiger charge is -2.28. The molecule has 1 aliphatic heterocycles. The number of urea groups is 1. The standard InChI is InChI=1S/C17H26N4O2/c1-3-9-21(15-7-8-18-11-15)16(22)12-19-17(23)20-14-6-4-5-13(2)10-14/h4-6,10,15,18H,3,7-9,11-12H2,1-2H3,(H2,19,20,23). The summed E-state index contributed by atoms with van der Waals surface area (Å²) in [5.41, 5.74) is 1.79. The molecule has 23 heavy (non-hydrogen) atoms. The number of nitrogens with one attached hydrogen (secondary N) is 3. The van der Waals surface area contributed by atoms with Crippen LogP contribution in [0.1, 0.15) is 25.3 Å². The van der Waals surface area contributed by atoms with Gasteiger partial charge in [0, 0.05) is 24.8 Å². The molecule has 0 aromatic heterocycles. The molecule has 0 saturated carbocycles. The predicted molar refractivity (Wildman–Crippen MR) is 91.5 cm³/mol. The number of anilines is 1. The van der Waals surface area contributed by atoms with Crippen LogP contribution in [-0.2, 0) is 4.79 Å². The zero-order valence-electron chi connectivity index (χ0n) is 13.9. The number of carbonyl (C=O) groups is 2. The molecule has 1 aromatic rings. The van der Waals surface area contributed by atoms with Crippen LogP contribution >= 0.6 is 0 Å². The van der Waals surface area contributed by atoms with E-state index in [1.165, 1.54) is 0 Å². The molecule has 0 spiro atoms. The number of hydrogen-bond donors (Lipinski definition) is 3. The van der Waals surface area contributed by atoms with E-state index in [9.17, 15) is 9.59 Å². The fourth-order valence-electron chi connectivity index (χ4n) is 2.81. The number of carbonyl (C=O) groups excluding carboxylic acids is 2. The zero-order chi connectivity index (χ0) is 16.7. The monoisotopic (exact) mass is 318 g/mol. The third kappa shape index (κ3) is 5.25. The van der Waals surface area contributed by atoms with Gasteiger partial charge in [-0.1, -0.05) is 19.1 Å². The van der Waals surface area contributed by atoms with E-state index in [0.29, 0.717) is 0 Å². The topological polar surface area (TPSA) is 73.5 Å². The first-order valence-corrected chi connectivity index (χ1v) is 8.22. The van der Waals surface area contributed by atoms with Gasteiger partial charge in [-0.05, 0) is 44.0 Å². The summed E-state index contributed by atoms with van der Waals surface area (Å²) in [7, 11) is 0. The second kappa shape index (κ2) is 8.53. The Bertz CT molecular complexity index is 541. The highest BCUT2D eigenvalue weighted by Gasteiger charge is 2.25. The quantitative estimate of drug-likeness (QED) is 0.748. The number of rotatable bonds is 6. The number of nitrogens with zero attached hydrogens (tertiary/aromatic N) is 1. The highest BCUT2D eigenvalue weighted by molar-refractivity contribution is 5.92. The van der Waals surface area contributed by atoms with E-state index >= 15 is 0 Å². The smallest absolute Gasteiger partial charge is 0.319 e. The first kappa shape index (κ1) is 17.3. The number of benzene rings is 1. The van der Waals surface area contributed by atoms with E-state index in [4.69, 9.17) is 0 Å². The first-order chi connectivity index (χ1) is 11.1. The maximum Gasteiger partial charge on any atom is 0.319 e. The van der Waals surface area contributed by atoms with Gasteiger partial charge in [0.15, 0.2) is 0 Å². The van der Waals surface area contributed by atoms with Gasteiger partial charge in [0.1, 0.15) is 0 Å². The molecule has 126 valence electrons. The van der Waals surface area contributed by atoms with Gasteiger partial charge in [0.2, 0.25) is 5.91 Å². The number of hydrogen-bond acceptors (Lipinski definition) is 3. The second-order valence-corrected chi connectivity index (χ2v) is 5.91. The minimum atomic E-state index is -0.357. The molecule has 1 fully saturated rings. The van der Waals surface area contributed by atoms with Gasteiger partial charge in [-0.3, -0.25) is 4.79 Å². The predicted octanol–water partition coefficient (Wildman–Crippen LogP) is 1.72. The minimum Gasteiger partial charge on any atom is -0.337 e. The molecule has 1 aromatic carbocycles. The van der Waals surface area contributed by atoms with Gasteiger partial charge in [-0.15, -0.1) is 0 Å². The van der Waals surface area contributed by atoms with Crippen LogP contribution in [0.5, 0.6) is 0 Å². The molecule has 6 heteroatoms. The summed E-state index contributed by atoms with van der Waals surface area (Å²) in [5.74, 6) is -0.0278. The molecule has 0 radical (unpaired) electrons. The summed E-state index contributed by atoms with van der Waals surface area (Å²) < 4.78 is 0. The lowest BCUT2D eigenvalue weighted by molar-refractivity contribution is -0.132. The number of amides is 3. The van der Waals surface area contributed by atoms with Crippen molar-refractivity contribution >= 4 is 17.6 Å². The average molecular weight is 318 g/mol. The van der Waals surface area contributed by atoms with E-state index in [1.807, 2.05) is 36.1 Å². The molecule has 1 aliphatic rings. The zero-order valence-corrected chi connectivity index (χ0v) is 13.9. The molecule has 1 heterocycles. The Balaban J connectivity index is 1.83. The van der Waals surface area contributed by atoms with Crippen LogP contribution in [0.15, 0.2) is 24.3 Å². The molecule has 0 aliphatic carbocycles. The molecule has 3 amide bonds. The maximum atomic E-state index is 12.4. The van der Waals surface area contributed by atoms with Crippen molar-refractivity contribution in [2.24, 2.45) is 0 Å². The van der Waals surface area contributed by atoms with E-state index in [1.54, 1.807) is 0 Å². The SMILES string of the molecule is CCCN(C(=O)CNC(=O)Nc1cccc(C)c1)C1CCNC1. The highest BCUT2D eigenvalue weighted by atomic mass is 16.2. The third-order valence-corrected chi connectivity index (χ3v) is 3.94. The molecule has 1 saturated heterocycles. The van der Waals surface area contributed by atoms with Crippen LogP contribution in [0, 0.1) is 6.92 Å². The third-order valence-electron chi connectivity index (χ3n) is 3.94. The minimum absolute atomic E-state index is 0.0220. The van der Waals surface area contributed by atoms with Crippen molar-refractivity contribution in [1.82, 2.24) is 15.5 Å². The first-order valence-electron chi connectivity index (χ1n) is 8.22. The Morgan fingerprint density at radius 3 is 2.87 bits per heavy atom. The van der Waals surface area contributed by atoms with E-state index in [2.05, 4.69) is 22.9 Å². The molecular formula is C17H26N4O2. The Morgan fingerprint density at radius 2 is 2.22 bits per heavy atom. The molecule has 2 rings (SSSR count). The van der Waals surface area contributed by atoms with E-state index in [0.717, 1.165) is 43.7 Å². The van der Waals surface area contributed by atoms with Crippen molar-refractivity contribution in [3.8, 4) is 0 Å². The van der Waals surface area contributed by atoms with Crippen LogP contribution in [0.2, 0.25) is 0 Å². The highest BCUT2D eigenvalue weighted by Crippen LogP contribution is 2.10. The van der Waals surface area contributed by atoms with E-state index in [-0.39, 0.29) is 24.5 Å². The second-order valence-electron chi connectivity index (χ2n) is 5.91. The van der Waals surface area contributed by atoms with Crippen molar-refractivity contribution in [2.45, 2.75) is 32.7 Å². The largest absolute Gasteiger partial charge is 0.337 e. The fraction of sp³-hybridized carbons (Fsp3) is 0.529. The Hall–Kier alpha value is -2.08. The van der Waals surface area contributed by atoms with Gasteiger partial charge in [0.05, 0.1) is 6.54 Å². The molecular weight excluding hydrogens is 292 g/mol. The van der Waals surface area contributed by atoms with Crippen LogP contribution < -0.4 is 16.0 Å². The van der Waals surface area contributed by atoms with E-state index < -0.39 is 0 Å². The van der Waals surface area contributed by atoms with Crippen LogP contribution in [-0.4, -0.2) is 49.1 Å². The molecule has 1 unspecified atom stereocenters. The molecule has 0 bridgehead atoms. The summed E-state index contributed by atoms with van der Waals surface area (Å²) in [6.45, 7) is 6.55. The van der Waals surface area contributed by atoms with Gasteiger partial charge in [-0.25, -0.2) is 4.79 Å². The molecule has 3 N–H and O–H groups in total. The van der Waals surface area contributed by atoms with Crippen molar-refractivity contribution < 1.29 is 9.59 Å². The molecule has 6 nitrogen and oxygen atoms in total. The maximum absolute atomic E-state index is 12.4. The number of aryl methyl sites for hydroxylation is 1. The van der Waals surface area contributed by atoms with Gasteiger partial charge >= 0.3 is 6.03 Å². The van der Waals surface area contributed by atoms with Crippen molar-refractivity contribution in [2.75, 3.05) is 31.5 Å². The van der Waals surface area contributed by atoms with Crippen LogP contribution in [0.25, 0.3) is 0 Å². The van der Waals surface area contributed by atoms with Crippen molar-refractivity contribution in [3.05, 3.63) is 29.8 Å². The van der Waals surface area contributed by atoms with Crippen LogP contribution in [0.3, 0.4) is 0 Å². The van der Waals surface area contributed by atoms with Gasteiger partial charge in [-0.2, -0.15) is 0 Å². The summed E-state index contributed by atoms with van der Waals surface area (Å²) in [4.78, 5) is 26.2. The van der Waals surface area contributed by atoms with Gasteiger partial charge in [0.25, 0.3) is 0 Å². The fourth-order valence-corrected chi connectivity index (χ4v) is 2.81. The normalized spacial score (nSPS) is 16.9. The Kier molecular flexibility index (Phi) is 6.40. The molecule has 1 atom stereocenters. The van der Waals surface area contributed by atoms with Gasteiger partial charge < -0.3 is 20.9 Å².